The number of nitrogen functional groups attached to an aromatic ring is 1. The van der Waals surface area contributed by atoms with Crippen LogP contribution in [0, 0.1) is 11.3 Å². The van der Waals surface area contributed by atoms with Gasteiger partial charge in [-0.05, 0) is 23.5 Å². The molecule has 0 aliphatic heterocycles. The van der Waals surface area contributed by atoms with Gasteiger partial charge in [0.05, 0.1) is 11.4 Å². The van der Waals surface area contributed by atoms with Gasteiger partial charge in [0.25, 0.3) is 0 Å². The molecule has 2 aromatic rings. The van der Waals surface area contributed by atoms with Crippen LogP contribution in [0.2, 0.25) is 0 Å². The molecule has 0 radical (unpaired) electrons. The largest absolute Gasteiger partial charge is 0.397 e. The first-order valence-corrected chi connectivity index (χ1v) is 6.78. The van der Waals surface area contributed by atoms with E-state index in [0.717, 1.165) is 28.7 Å². The van der Waals surface area contributed by atoms with Gasteiger partial charge >= 0.3 is 0 Å². The number of anilines is 2. The van der Waals surface area contributed by atoms with Gasteiger partial charge in [-0.25, -0.2) is 0 Å². The Morgan fingerprint density at radius 3 is 2.68 bits per heavy atom. The third kappa shape index (κ3) is 2.80. The molecule has 0 aliphatic carbocycles. The highest BCUT2D eigenvalue weighted by atomic mass is 14.9. The molecule has 3 nitrogen and oxygen atoms in total. The molecule has 1 aromatic heterocycles. The van der Waals surface area contributed by atoms with Gasteiger partial charge in [0.2, 0.25) is 0 Å². The molecule has 0 saturated carbocycles. The summed E-state index contributed by atoms with van der Waals surface area (Å²) in [5.74, 6) is 0.617. The highest BCUT2D eigenvalue weighted by Gasteiger charge is 2.22. The second kappa shape index (κ2) is 5.08. The number of aromatic nitrogens is 1. The summed E-state index contributed by atoms with van der Waals surface area (Å²) < 4.78 is 0. The lowest BCUT2D eigenvalue weighted by atomic mass is 9.81. The fourth-order valence-corrected chi connectivity index (χ4v) is 1.87. The summed E-state index contributed by atoms with van der Waals surface area (Å²) in [7, 11) is 0. The number of hydrogen-bond donors (Lipinski definition) is 2. The molecule has 1 heterocycles. The smallest absolute Gasteiger partial charge is 0.0630 e. The lowest BCUT2D eigenvalue weighted by molar-refractivity contribution is 0.270. The van der Waals surface area contributed by atoms with Crippen LogP contribution in [0.3, 0.4) is 0 Å². The summed E-state index contributed by atoms with van der Waals surface area (Å²) in [6.45, 7) is 9.94. The first-order chi connectivity index (χ1) is 8.92. The fraction of sp³-hybridized carbons (Fsp3) is 0.438. The summed E-state index contributed by atoms with van der Waals surface area (Å²) in [6, 6.07) is 6.06. The summed E-state index contributed by atoms with van der Waals surface area (Å²) in [4.78, 5) is 4.12. The molecule has 102 valence electrons. The lowest BCUT2D eigenvalue weighted by Gasteiger charge is -2.30. The van der Waals surface area contributed by atoms with Crippen molar-refractivity contribution in [1.82, 2.24) is 4.98 Å². The minimum atomic E-state index is 0.236. The van der Waals surface area contributed by atoms with Gasteiger partial charge in [-0.3, -0.25) is 4.98 Å². The first-order valence-electron chi connectivity index (χ1n) is 6.78. The number of pyridine rings is 1. The second-order valence-corrected chi connectivity index (χ2v) is 6.12. The van der Waals surface area contributed by atoms with Crippen LogP contribution < -0.4 is 11.1 Å². The molecular formula is C16H23N3. The summed E-state index contributed by atoms with van der Waals surface area (Å²) in [6.07, 6.45) is 3.62. The van der Waals surface area contributed by atoms with Crippen LogP contribution in [0.25, 0.3) is 10.8 Å². The molecule has 2 rings (SSSR count). The van der Waals surface area contributed by atoms with Crippen LogP contribution in [-0.4, -0.2) is 11.5 Å². The van der Waals surface area contributed by atoms with Crippen LogP contribution >= 0.6 is 0 Å². The summed E-state index contributed by atoms with van der Waals surface area (Å²) in [5.41, 5.74) is 8.28. The first kappa shape index (κ1) is 13.7. The molecule has 19 heavy (non-hydrogen) atoms. The van der Waals surface area contributed by atoms with Crippen molar-refractivity contribution in [2.75, 3.05) is 17.6 Å². The quantitative estimate of drug-likeness (QED) is 0.816. The van der Waals surface area contributed by atoms with Gasteiger partial charge < -0.3 is 11.1 Å². The van der Waals surface area contributed by atoms with Crippen molar-refractivity contribution < 1.29 is 0 Å². The third-order valence-corrected chi connectivity index (χ3v) is 4.16. The average Bonchev–Trinajstić information content (AvgIpc) is 2.38. The predicted molar refractivity (Wildman–Crippen MR) is 83.3 cm³/mol. The Bertz CT molecular complexity index is 573. The lowest BCUT2D eigenvalue weighted by Crippen LogP contribution is -2.28. The van der Waals surface area contributed by atoms with Crippen molar-refractivity contribution >= 4 is 22.1 Å². The maximum atomic E-state index is 6.23. The van der Waals surface area contributed by atoms with Crippen molar-refractivity contribution in [3.63, 3.8) is 0 Å². The summed E-state index contributed by atoms with van der Waals surface area (Å²) >= 11 is 0. The Hall–Kier alpha value is -1.77. The molecule has 0 atom stereocenters. The van der Waals surface area contributed by atoms with Gasteiger partial charge in [0.15, 0.2) is 0 Å². The maximum absolute atomic E-state index is 6.23. The molecule has 0 saturated heterocycles. The average molecular weight is 257 g/mol. The number of fused-ring (bicyclic) bond motifs is 1. The maximum Gasteiger partial charge on any atom is 0.0630 e. The third-order valence-electron chi connectivity index (χ3n) is 4.16. The van der Waals surface area contributed by atoms with Gasteiger partial charge in [-0.15, -0.1) is 0 Å². The Balaban J connectivity index is 2.25. The number of nitrogens with zero attached hydrogens (tertiary/aromatic N) is 1. The molecule has 3 N–H and O–H groups in total. The minimum absolute atomic E-state index is 0.236. The van der Waals surface area contributed by atoms with Crippen LogP contribution in [0.5, 0.6) is 0 Å². The molecule has 0 amide bonds. The van der Waals surface area contributed by atoms with Gasteiger partial charge in [-0.1, -0.05) is 33.8 Å². The molecular weight excluding hydrogens is 234 g/mol. The zero-order valence-electron chi connectivity index (χ0n) is 12.2. The Morgan fingerprint density at radius 2 is 2.00 bits per heavy atom. The van der Waals surface area contributed by atoms with Crippen LogP contribution in [0.4, 0.5) is 11.4 Å². The van der Waals surface area contributed by atoms with E-state index in [9.17, 15) is 0 Å². The van der Waals surface area contributed by atoms with Crippen molar-refractivity contribution in [3.05, 3.63) is 30.6 Å². The molecule has 3 heteroatoms. The zero-order chi connectivity index (χ0) is 14.0. The number of nitrogens with one attached hydrogen (secondary N) is 1. The molecule has 0 aliphatic rings. The van der Waals surface area contributed by atoms with Gasteiger partial charge in [-0.2, -0.15) is 0 Å². The Labute approximate surface area is 115 Å². The van der Waals surface area contributed by atoms with Crippen LogP contribution in [0.1, 0.15) is 27.7 Å². The Morgan fingerprint density at radius 1 is 1.26 bits per heavy atom. The van der Waals surface area contributed by atoms with Gasteiger partial charge in [0.1, 0.15) is 0 Å². The van der Waals surface area contributed by atoms with Crippen molar-refractivity contribution in [1.29, 1.82) is 0 Å². The van der Waals surface area contributed by atoms with E-state index in [-0.39, 0.29) is 5.41 Å². The SMILES string of the molecule is CC(C)C(C)(C)CNc1ccc2cnccc2c1N. The second-order valence-electron chi connectivity index (χ2n) is 6.12. The summed E-state index contributed by atoms with van der Waals surface area (Å²) in [5, 5.41) is 5.62. The zero-order valence-corrected chi connectivity index (χ0v) is 12.2. The topological polar surface area (TPSA) is 50.9 Å². The highest BCUT2D eigenvalue weighted by Crippen LogP contribution is 2.31. The highest BCUT2D eigenvalue weighted by molar-refractivity contribution is 5.98. The van der Waals surface area contributed by atoms with E-state index in [4.69, 9.17) is 5.73 Å². The van der Waals surface area contributed by atoms with E-state index < -0.39 is 0 Å². The monoisotopic (exact) mass is 257 g/mol. The minimum Gasteiger partial charge on any atom is -0.397 e. The fourth-order valence-electron chi connectivity index (χ4n) is 1.87. The van der Waals surface area contributed by atoms with E-state index in [1.165, 1.54) is 0 Å². The molecule has 0 unspecified atom stereocenters. The van der Waals surface area contributed by atoms with Gasteiger partial charge in [0, 0.05) is 29.7 Å². The van der Waals surface area contributed by atoms with Crippen molar-refractivity contribution in [2.45, 2.75) is 27.7 Å². The van der Waals surface area contributed by atoms with Crippen molar-refractivity contribution in [2.24, 2.45) is 11.3 Å². The van der Waals surface area contributed by atoms with E-state index >= 15 is 0 Å². The number of hydrogen-bond acceptors (Lipinski definition) is 3. The molecule has 1 aromatic carbocycles. The van der Waals surface area contributed by atoms with Crippen LogP contribution in [0.15, 0.2) is 30.6 Å². The van der Waals surface area contributed by atoms with E-state index in [1.54, 1.807) is 6.20 Å². The predicted octanol–water partition coefficient (Wildman–Crippen LogP) is 3.91. The standard InChI is InChI=1S/C16H23N3/c1-11(2)16(3,4)10-19-14-6-5-12-9-18-8-7-13(12)15(14)17/h5-9,11,19H,10,17H2,1-4H3. The molecule has 0 spiro atoms. The van der Waals surface area contributed by atoms with Crippen molar-refractivity contribution in [3.8, 4) is 0 Å². The number of benzene rings is 1. The molecule has 0 fully saturated rings. The number of nitrogens with two attached hydrogens (primary N) is 1. The van der Waals surface area contributed by atoms with E-state index in [2.05, 4.69) is 44.1 Å². The van der Waals surface area contributed by atoms with E-state index in [1.807, 2.05) is 18.3 Å². The van der Waals surface area contributed by atoms with E-state index in [0.29, 0.717) is 5.92 Å². The number of rotatable bonds is 4. The molecule has 0 bridgehead atoms. The van der Waals surface area contributed by atoms with Crippen LogP contribution in [-0.2, 0) is 0 Å². The Kier molecular flexibility index (Phi) is 3.65. The normalized spacial score (nSPS) is 12.1.